The number of aliphatic hydroxyl groups is 1. The van der Waals surface area contributed by atoms with Gasteiger partial charge in [-0.2, -0.15) is 5.10 Å². The first-order chi connectivity index (χ1) is 9.08. The number of nitrogens with zero attached hydrogens (tertiary/aromatic N) is 3. The van der Waals surface area contributed by atoms with Gasteiger partial charge >= 0.3 is 12.0 Å². The summed E-state index contributed by atoms with van der Waals surface area (Å²) < 4.78 is 1.66. The second kappa shape index (κ2) is 5.70. The Morgan fingerprint density at radius 3 is 2.89 bits per heavy atom. The molecule has 1 aliphatic rings. The Hall–Kier alpha value is -2.09. The number of amides is 2. The Morgan fingerprint density at radius 2 is 2.26 bits per heavy atom. The molecule has 1 aromatic rings. The summed E-state index contributed by atoms with van der Waals surface area (Å²) in [5, 5.41) is 25.0. The summed E-state index contributed by atoms with van der Waals surface area (Å²) >= 11 is 0. The average Bonchev–Trinajstić information content (AvgIpc) is 2.98. The highest BCUT2D eigenvalue weighted by atomic mass is 16.4. The number of likely N-dealkylation sites (tertiary alicyclic amines) is 1. The average molecular weight is 268 g/mol. The highest BCUT2D eigenvalue weighted by Gasteiger charge is 2.38. The highest BCUT2D eigenvalue weighted by molar-refractivity contribution is 5.83. The number of carbonyl (C=O) groups is 2. The van der Waals surface area contributed by atoms with E-state index in [9.17, 15) is 14.7 Å². The maximum Gasteiger partial charge on any atom is 0.326 e. The van der Waals surface area contributed by atoms with Crippen molar-refractivity contribution in [1.82, 2.24) is 20.0 Å². The van der Waals surface area contributed by atoms with Gasteiger partial charge in [0.1, 0.15) is 6.04 Å². The van der Waals surface area contributed by atoms with Crippen LogP contribution in [0.4, 0.5) is 4.79 Å². The molecule has 0 bridgehead atoms. The van der Waals surface area contributed by atoms with E-state index >= 15 is 0 Å². The fraction of sp³-hybridized carbons (Fsp3) is 0.545. The predicted molar refractivity (Wildman–Crippen MR) is 64.4 cm³/mol. The quantitative estimate of drug-likeness (QED) is 0.656. The summed E-state index contributed by atoms with van der Waals surface area (Å²) in [5.41, 5.74) is 0. The monoisotopic (exact) mass is 268 g/mol. The zero-order chi connectivity index (χ0) is 13.8. The lowest BCUT2D eigenvalue weighted by molar-refractivity contribution is -0.141. The first kappa shape index (κ1) is 13.3. The molecule has 1 aliphatic heterocycles. The molecule has 0 unspecified atom stereocenters. The van der Waals surface area contributed by atoms with E-state index in [0.717, 1.165) is 4.90 Å². The molecule has 2 rings (SSSR count). The van der Waals surface area contributed by atoms with Crippen LogP contribution in [0.15, 0.2) is 18.5 Å². The van der Waals surface area contributed by atoms with Crippen LogP contribution < -0.4 is 5.32 Å². The first-order valence-corrected chi connectivity index (χ1v) is 6.00. The van der Waals surface area contributed by atoms with E-state index in [2.05, 4.69) is 10.4 Å². The third kappa shape index (κ3) is 3.22. The van der Waals surface area contributed by atoms with Crippen molar-refractivity contribution in [2.45, 2.75) is 25.1 Å². The third-order valence-corrected chi connectivity index (χ3v) is 3.00. The Balaban J connectivity index is 1.83. The van der Waals surface area contributed by atoms with Crippen molar-refractivity contribution in [3.8, 4) is 0 Å². The standard InChI is InChI=1S/C11H16N4O4/c16-8-6-9(10(17)18)15(7-8)11(19)12-3-5-14-4-1-2-13-14/h1-2,4,8-9,16H,3,5-7H2,(H,12,19)(H,17,18)/t8-,9+/m1/s1. The van der Waals surface area contributed by atoms with E-state index in [0.29, 0.717) is 13.1 Å². The lowest BCUT2D eigenvalue weighted by Gasteiger charge is -2.21. The number of aromatic nitrogens is 2. The second-order valence-electron chi connectivity index (χ2n) is 4.40. The lowest BCUT2D eigenvalue weighted by Crippen LogP contribution is -2.46. The summed E-state index contributed by atoms with van der Waals surface area (Å²) in [7, 11) is 0. The summed E-state index contributed by atoms with van der Waals surface area (Å²) in [6.45, 7) is 0.900. The van der Waals surface area contributed by atoms with E-state index in [-0.39, 0.29) is 13.0 Å². The number of urea groups is 1. The predicted octanol–water partition coefficient (Wildman–Crippen LogP) is -0.887. The maximum absolute atomic E-state index is 11.8. The normalized spacial score (nSPS) is 22.5. The van der Waals surface area contributed by atoms with Crippen molar-refractivity contribution in [2.75, 3.05) is 13.1 Å². The van der Waals surface area contributed by atoms with Crippen molar-refractivity contribution in [3.05, 3.63) is 18.5 Å². The van der Waals surface area contributed by atoms with Gasteiger partial charge in [0.05, 0.1) is 12.6 Å². The van der Waals surface area contributed by atoms with Gasteiger partial charge in [-0.05, 0) is 6.07 Å². The van der Waals surface area contributed by atoms with Crippen LogP contribution in [0.1, 0.15) is 6.42 Å². The number of rotatable bonds is 4. The van der Waals surface area contributed by atoms with Crippen molar-refractivity contribution in [1.29, 1.82) is 0 Å². The molecule has 0 aliphatic carbocycles. The molecule has 19 heavy (non-hydrogen) atoms. The number of β-amino-alcohol motifs (C(OH)–C–C–N with tert-alkyl or cyclic N) is 1. The van der Waals surface area contributed by atoms with Crippen LogP contribution in [0.3, 0.4) is 0 Å². The molecule has 2 atom stereocenters. The van der Waals surface area contributed by atoms with Crippen LogP contribution in [-0.4, -0.2) is 62.1 Å². The first-order valence-electron chi connectivity index (χ1n) is 6.00. The van der Waals surface area contributed by atoms with E-state index < -0.39 is 24.1 Å². The van der Waals surface area contributed by atoms with Crippen LogP contribution in [0.25, 0.3) is 0 Å². The topological polar surface area (TPSA) is 108 Å². The Kier molecular flexibility index (Phi) is 4.00. The van der Waals surface area contributed by atoms with Crippen LogP contribution in [0.5, 0.6) is 0 Å². The molecule has 8 nitrogen and oxygen atoms in total. The van der Waals surface area contributed by atoms with E-state index in [4.69, 9.17) is 5.11 Å². The highest BCUT2D eigenvalue weighted by Crippen LogP contribution is 2.17. The van der Waals surface area contributed by atoms with E-state index in [1.54, 1.807) is 23.1 Å². The molecule has 104 valence electrons. The van der Waals surface area contributed by atoms with Crippen molar-refractivity contribution < 1.29 is 19.8 Å². The molecule has 0 aromatic carbocycles. The third-order valence-electron chi connectivity index (χ3n) is 3.00. The summed E-state index contributed by atoms with van der Waals surface area (Å²) in [4.78, 5) is 24.0. The van der Waals surface area contributed by atoms with Gasteiger partial charge in [-0.15, -0.1) is 0 Å². The minimum absolute atomic E-state index is 0.0462. The largest absolute Gasteiger partial charge is 0.480 e. The van der Waals surface area contributed by atoms with E-state index in [1.807, 2.05) is 0 Å². The van der Waals surface area contributed by atoms with Crippen LogP contribution in [0, 0.1) is 0 Å². The Bertz CT molecular complexity index is 448. The maximum atomic E-state index is 11.8. The molecule has 1 fully saturated rings. The molecule has 8 heteroatoms. The van der Waals surface area contributed by atoms with Gasteiger partial charge in [-0.1, -0.05) is 0 Å². The Morgan fingerprint density at radius 1 is 1.47 bits per heavy atom. The minimum Gasteiger partial charge on any atom is -0.480 e. The molecule has 0 radical (unpaired) electrons. The molecule has 3 N–H and O–H groups in total. The molecule has 0 saturated carbocycles. The second-order valence-corrected chi connectivity index (χ2v) is 4.40. The van der Waals surface area contributed by atoms with Gasteiger partial charge in [-0.3, -0.25) is 4.68 Å². The zero-order valence-electron chi connectivity index (χ0n) is 10.3. The van der Waals surface area contributed by atoms with Gasteiger partial charge in [-0.25, -0.2) is 9.59 Å². The van der Waals surface area contributed by atoms with Gasteiger partial charge in [0.2, 0.25) is 0 Å². The van der Waals surface area contributed by atoms with Crippen LogP contribution in [0.2, 0.25) is 0 Å². The van der Waals surface area contributed by atoms with Crippen molar-refractivity contribution in [3.63, 3.8) is 0 Å². The van der Waals surface area contributed by atoms with Crippen LogP contribution >= 0.6 is 0 Å². The number of carbonyl (C=O) groups excluding carboxylic acids is 1. The molecular formula is C11H16N4O4. The summed E-state index contributed by atoms with van der Waals surface area (Å²) in [6.07, 6.45) is 2.70. The molecule has 1 saturated heterocycles. The molecule has 2 amide bonds. The van der Waals surface area contributed by atoms with Crippen LogP contribution in [-0.2, 0) is 11.3 Å². The Labute approximate surface area is 109 Å². The molecule has 1 aromatic heterocycles. The summed E-state index contributed by atoms with van der Waals surface area (Å²) in [6, 6.07) is 0.342. The van der Waals surface area contributed by atoms with Crippen molar-refractivity contribution >= 4 is 12.0 Å². The lowest BCUT2D eigenvalue weighted by atomic mass is 10.2. The SMILES string of the molecule is O=C(O)[C@@H]1C[C@@H](O)CN1C(=O)NCCn1cccn1. The number of aliphatic hydroxyl groups excluding tert-OH is 1. The fourth-order valence-electron chi connectivity index (χ4n) is 2.08. The molecule has 2 heterocycles. The number of nitrogens with one attached hydrogen (secondary N) is 1. The van der Waals surface area contributed by atoms with Crippen molar-refractivity contribution in [2.24, 2.45) is 0 Å². The number of aliphatic carboxylic acids is 1. The number of hydrogen-bond acceptors (Lipinski definition) is 4. The number of carboxylic acid groups (broad SMARTS) is 1. The minimum atomic E-state index is -1.10. The van der Waals surface area contributed by atoms with Gasteiger partial charge < -0.3 is 20.4 Å². The zero-order valence-corrected chi connectivity index (χ0v) is 10.3. The molecule has 0 spiro atoms. The number of hydrogen-bond donors (Lipinski definition) is 3. The van der Waals surface area contributed by atoms with Gasteiger partial charge in [0.25, 0.3) is 0 Å². The summed E-state index contributed by atoms with van der Waals surface area (Å²) in [5.74, 6) is -1.10. The van der Waals surface area contributed by atoms with Gasteiger partial charge in [0.15, 0.2) is 0 Å². The fourth-order valence-corrected chi connectivity index (χ4v) is 2.08. The molecular weight excluding hydrogens is 252 g/mol. The number of carboxylic acids is 1. The smallest absolute Gasteiger partial charge is 0.326 e. The van der Waals surface area contributed by atoms with Gasteiger partial charge in [0, 0.05) is 31.9 Å². The van der Waals surface area contributed by atoms with E-state index in [1.165, 1.54) is 0 Å².